The lowest BCUT2D eigenvalue weighted by atomic mass is 10.1. The zero-order valence-electron chi connectivity index (χ0n) is 18.0. The normalized spacial score (nSPS) is 15.7. The highest BCUT2D eigenvalue weighted by Crippen LogP contribution is 2.28. The van der Waals surface area contributed by atoms with Crippen LogP contribution in [0.15, 0.2) is 53.5 Å². The molecule has 0 spiro atoms. The minimum Gasteiger partial charge on any atom is -0.481 e. The Balaban J connectivity index is 1.60. The van der Waals surface area contributed by atoms with Crippen LogP contribution in [0.25, 0.3) is 5.69 Å². The Morgan fingerprint density at radius 3 is 2.66 bits per heavy atom. The second kappa shape index (κ2) is 8.62. The predicted octanol–water partition coefficient (Wildman–Crippen LogP) is 1.65. The number of nitrogens with zero attached hydrogens (tertiary/aromatic N) is 4. The van der Waals surface area contributed by atoms with Gasteiger partial charge in [-0.2, -0.15) is 5.10 Å². The van der Waals surface area contributed by atoms with Gasteiger partial charge in [0.05, 0.1) is 24.7 Å². The molecule has 9 nitrogen and oxygen atoms in total. The van der Waals surface area contributed by atoms with Crippen LogP contribution in [0.2, 0.25) is 0 Å². The van der Waals surface area contributed by atoms with E-state index in [1.54, 1.807) is 26.2 Å². The summed E-state index contributed by atoms with van der Waals surface area (Å²) in [5.74, 6) is -0.523. The number of aryl methyl sites for hydroxylation is 2. The van der Waals surface area contributed by atoms with Gasteiger partial charge in [0, 0.05) is 24.9 Å². The highest BCUT2D eigenvalue weighted by atomic mass is 16.5. The molecule has 0 bridgehead atoms. The maximum Gasteiger partial charge on any atom is 0.276 e. The fourth-order valence-electron chi connectivity index (χ4n) is 3.75. The van der Waals surface area contributed by atoms with Crippen molar-refractivity contribution in [2.75, 3.05) is 19.1 Å². The molecule has 0 saturated carbocycles. The van der Waals surface area contributed by atoms with Crippen LogP contribution >= 0.6 is 0 Å². The van der Waals surface area contributed by atoms with Crippen molar-refractivity contribution in [1.29, 1.82) is 0 Å². The number of carbonyl (C=O) groups is 2. The largest absolute Gasteiger partial charge is 0.481 e. The van der Waals surface area contributed by atoms with Crippen LogP contribution in [0, 0.1) is 6.92 Å². The molecule has 0 fully saturated rings. The molecule has 3 aromatic rings. The molecule has 0 radical (unpaired) electrons. The van der Waals surface area contributed by atoms with Gasteiger partial charge in [-0.25, -0.2) is 9.67 Å². The molecule has 1 aliphatic heterocycles. The molecule has 0 saturated heterocycles. The van der Waals surface area contributed by atoms with Crippen LogP contribution in [-0.4, -0.2) is 46.8 Å². The van der Waals surface area contributed by atoms with E-state index in [0.29, 0.717) is 30.1 Å². The average molecular weight is 433 g/mol. The van der Waals surface area contributed by atoms with Gasteiger partial charge in [-0.15, -0.1) is 0 Å². The first-order chi connectivity index (χ1) is 15.4. The number of hydrogen-bond donors (Lipinski definition) is 1. The topological polar surface area (TPSA) is 106 Å². The smallest absolute Gasteiger partial charge is 0.276 e. The number of anilines is 1. The minimum atomic E-state index is -0.807. The van der Waals surface area contributed by atoms with E-state index in [0.717, 1.165) is 11.3 Å². The van der Waals surface area contributed by atoms with Crippen molar-refractivity contribution < 1.29 is 14.3 Å². The Bertz CT molecular complexity index is 1240. The fourth-order valence-corrected chi connectivity index (χ4v) is 3.75. The number of hydrogen-bond acceptors (Lipinski definition) is 6. The number of nitrogens with one attached hydrogen (secondary N) is 1. The number of methoxy groups -OCH3 is 1. The third-order valence-corrected chi connectivity index (χ3v) is 5.47. The number of ether oxygens (including phenoxy) is 1. The van der Waals surface area contributed by atoms with Gasteiger partial charge in [-0.3, -0.25) is 14.4 Å². The Labute approximate surface area is 184 Å². The van der Waals surface area contributed by atoms with Crippen molar-refractivity contribution in [3.8, 4) is 11.6 Å². The summed E-state index contributed by atoms with van der Waals surface area (Å²) in [6.45, 7) is 1.74. The number of rotatable bonds is 4. The van der Waals surface area contributed by atoms with Crippen molar-refractivity contribution in [2.24, 2.45) is 0 Å². The Kier molecular flexibility index (Phi) is 5.72. The van der Waals surface area contributed by atoms with E-state index in [1.807, 2.05) is 30.3 Å². The summed E-state index contributed by atoms with van der Waals surface area (Å²) < 4.78 is 6.71. The van der Waals surface area contributed by atoms with Crippen LogP contribution < -0.4 is 20.4 Å². The van der Waals surface area contributed by atoms with E-state index in [2.05, 4.69) is 15.4 Å². The van der Waals surface area contributed by atoms with E-state index in [9.17, 15) is 14.4 Å². The number of carbonyl (C=O) groups excluding carboxylic acids is 2. The lowest BCUT2D eigenvalue weighted by Crippen LogP contribution is -2.48. The maximum absolute atomic E-state index is 13.0. The Morgan fingerprint density at radius 1 is 1.19 bits per heavy atom. The second-order valence-corrected chi connectivity index (χ2v) is 7.56. The molecule has 1 aliphatic rings. The first kappa shape index (κ1) is 21.2. The number of fused-ring (bicyclic) bond motifs is 1. The summed E-state index contributed by atoms with van der Waals surface area (Å²) in [5, 5.41) is 6.98. The highest BCUT2D eigenvalue weighted by molar-refractivity contribution is 6.02. The molecule has 9 heteroatoms. The molecule has 1 unspecified atom stereocenters. The summed E-state index contributed by atoms with van der Waals surface area (Å²) in [6.07, 6.45) is 2.48. The van der Waals surface area contributed by atoms with E-state index in [1.165, 1.54) is 22.8 Å². The fraction of sp³-hybridized carbons (Fsp3) is 0.261. The van der Waals surface area contributed by atoms with Crippen LogP contribution in [0.4, 0.5) is 5.69 Å². The van der Waals surface area contributed by atoms with Gasteiger partial charge in [0.1, 0.15) is 6.04 Å². The van der Waals surface area contributed by atoms with Crippen molar-refractivity contribution >= 4 is 17.5 Å². The number of pyridine rings is 1. The van der Waals surface area contributed by atoms with Crippen molar-refractivity contribution in [3.05, 3.63) is 75.8 Å². The van der Waals surface area contributed by atoms with Gasteiger partial charge in [0.25, 0.3) is 5.91 Å². The Hall–Kier alpha value is -4.01. The summed E-state index contributed by atoms with van der Waals surface area (Å²) in [6, 6.07) is 11.6. The average Bonchev–Trinajstić information content (AvgIpc) is 2.91. The van der Waals surface area contributed by atoms with Crippen molar-refractivity contribution in [2.45, 2.75) is 25.8 Å². The zero-order chi connectivity index (χ0) is 22.8. The van der Waals surface area contributed by atoms with Gasteiger partial charge in [-0.1, -0.05) is 18.2 Å². The molecule has 32 heavy (non-hydrogen) atoms. The molecular weight excluding hydrogens is 410 g/mol. The predicted molar refractivity (Wildman–Crippen MR) is 118 cm³/mol. The van der Waals surface area contributed by atoms with Gasteiger partial charge in [-0.05, 0) is 37.5 Å². The SMILES string of the molecule is COc1cc2c(cn1)N(C)C(=O)C(NC(=O)c1nn(-c3ccccc3)c(C)cc1=O)CC2. The molecular formula is C23H23N5O4. The second-order valence-electron chi connectivity index (χ2n) is 7.56. The van der Waals surface area contributed by atoms with E-state index in [-0.39, 0.29) is 11.6 Å². The lowest BCUT2D eigenvalue weighted by Gasteiger charge is -2.22. The van der Waals surface area contributed by atoms with E-state index < -0.39 is 17.4 Å². The third kappa shape index (κ3) is 3.96. The zero-order valence-corrected chi connectivity index (χ0v) is 18.0. The van der Waals surface area contributed by atoms with E-state index in [4.69, 9.17) is 4.74 Å². The van der Waals surface area contributed by atoms with Crippen LogP contribution in [-0.2, 0) is 11.2 Å². The van der Waals surface area contributed by atoms with Gasteiger partial charge >= 0.3 is 0 Å². The standard InChI is InChI=1S/C23H23N5O4/c1-14-11-19(29)21(26-28(14)16-7-5-4-6-8-16)22(30)25-17-10-9-15-12-20(32-3)24-13-18(15)27(2)23(17)31/h4-8,11-13,17H,9-10H2,1-3H3,(H,25,30). The number of likely N-dealkylation sites (N-methyl/N-ethyl adjacent to an activating group) is 1. The summed E-state index contributed by atoms with van der Waals surface area (Å²) >= 11 is 0. The molecule has 1 N–H and O–H groups in total. The lowest BCUT2D eigenvalue weighted by molar-refractivity contribution is -0.120. The van der Waals surface area contributed by atoms with Gasteiger partial charge in [0.2, 0.25) is 17.2 Å². The first-order valence-corrected chi connectivity index (χ1v) is 10.2. The minimum absolute atomic E-state index is 0.264. The molecule has 4 rings (SSSR count). The van der Waals surface area contributed by atoms with Crippen LogP contribution in [0.3, 0.4) is 0 Å². The van der Waals surface area contributed by atoms with Crippen LogP contribution in [0.1, 0.15) is 28.2 Å². The quantitative estimate of drug-likeness (QED) is 0.671. The first-order valence-electron chi connectivity index (χ1n) is 10.2. The summed E-state index contributed by atoms with van der Waals surface area (Å²) in [7, 11) is 3.16. The van der Waals surface area contributed by atoms with Crippen molar-refractivity contribution in [3.63, 3.8) is 0 Å². The number of amides is 2. The number of para-hydroxylation sites is 1. The molecule has 1 atom stereocenters. The maximum atomic E-state index is 13.0. The number of aromatic nitrogens is 3. The molecule has 0 aliphatic carbocycles. The van der Waals surface area contributed by atoms with Gasteiger partial charge < -0.3 is 15.0 Å². The highest BCUT2D eigenvalue weighted by Gasteiger charge is 2.31. The van der Waals surface area contributed by atoms with Crippen molar-refractivity contribution in [1.82, 2.24) is 20.1 Å². The summed E-state index contributed by atoms with van der Waals surface area (Å²) in [4.78, 5) is 44.1. The molecule has 1 aromatic carbocycles. The Morgan fingerprint density at radius 2 is 1.94 bits per heavy atom. The van der Waals surface area contributed by atoms with Gasteiger partial charge in [0.15, 0.2) is 5.69 Å². The third-order valence-electron chi connectivity index (χ3n) is 5.47. The molecule has 2 aromatic heterocycles. The monoisotopic (exact) mass is 433 g/mol. The molecule has 2 amide bonds. The van der Waals surface area contributed by atoms with E-state index >= 15 is 0 Å². The number of benzene rings is 1. The molecule has 164 valence electrons. The summed E-state index contributed by atoms with van der Waals surface area (Å²) in [5.41, 5.74) is 2.11. The molecule has 3 heterocycles. The van der Waals surface area contributed by atoms with Crippen LogP contribution in [0.5, 0.6) is 5.88 Å².